The Morgan fingerprint density at radius 3 is 2.41 bits per heavy atom. The fraction of sp³-hybridized carbons (Fsp3) is 0.100. The summed E-state index contributed by atoms with van der Waals surface area (Å²) < 4.78 is 51.2. The van der Waals surface area contributed by atoms with Crippen LogP contribution in [0.4, 0.5) is 22.7 Å². The van der Waals surface area contributed by atoms with Gasteiger partial charge in [-0.05, 0) is 12.1 Å². The van der Waals surface area contributed by atoms with Gasteiger partial charge in [0, 0.05) is 5.56 Å². The minimum atomic E-state index is -2.91. The maximum absolute atomic E-state index is 13.3. The molecule has 0 unspecified atom stereocenters. The zero-order valence-corrected chi connectivity index (χ0v) is 9.07. The van der Waals surface area contributed by atoms with Gasteiger partial charge in [0.2, 0.25) is 5.13 Å². The first-order valence-corrected chi connectivity index (χ1v) is 5.30. The second-order valence-corrected chi connectivity index (χ2v) is 4.19. The fourth-order valence-electron chi connectivity index (χ4n) is 1.35. The number of anilines is 1. The molecule has 0 aliphatic carbocycles. The van der Waals surface area contributed by atoms with E-state index in [4.69, 9.17) is 5.73 Å². The quantitative estimate of drug-likeness (QED) is 0.840. The van der Waals surface area contributed by atoms with Crippen molar-refractivity contribution in [3.63, 3.8) is 0 Å². The molecule has 90 valence electrons. The molecule has 1 aromatic carbocycles. The molecular weight excluding hydrogens is 256 g/mol. The lowest BCUT2D eigenvalue weighted by Crippen LogP contribution is -1.92. The van der Waals surface area contributed by atoms with Crippen LogP contribution < -0.4 is 5.73 Å². The Morgan fingerprint density at radius 1 is 1.24 bits per heavy atom. The van der Waals surface area contributed by atoms with E-state index < -0.39 is 22.9 Å². The van der Waals surface area contributed by atoms with Crippen LogP contribution in [0.25, 0.3) is 11.3 Å². The van der Waals surface area contributed by atoms with E-state index in [1.165, 1.54) is 6.07 Å². The Balaban J connectivity index is 2.48. The molecule has 0 bridgehead atoms. The van der Waals surface area contributed by atoms with Gasteiger partial charge < -0.3 is 5.73 Å². The van der Waals surface area contributed by atoms with Crippen LogP contribution in [0, 0.1) is 10.9 Å². The number of rotatable bonds is 2. The highest BCUT2D eigenvalue weighted by atomic mass is 32.1. The molecule has 7 heteroatoms. The van der Waals surface area contributed by atoms with Crippen molar-refractivity contribution in [2.24, 2.45) is 0 Å². The van der Waals surface area contributed by atoms with Crippen LogP contribution >= 0.6 is 11.3 Å². The highest BCUT2D eigenvalue weighted by molar-refractivity contribution is 7.14. The number of aromatic nitrogens is 1. The van der Waals surface area contributed by atoms with E-state index in [1.54, 1.807) is 0 Å². The number of nitrogens with two attached hydrogens (primary N) is 1. The van der Waals surface area contributed by atoms with Crippen molar-refractivity contribution < 1.29 is 17.6 Å². The van der Waals surface area contributed by atoms with E-state index in [0.29, 0.717) is 11.3 Å². The first-order chi connectivity index (χ1) is 7.99. The second-order valence-electron chi connectivity index (χ2n) is 3.21. The van der Waals surface area contributed by atoms with E-state index in [2.05, 4.69) is 4.98 Å². The van der Waals surface area contributed by atoms with E-state index in [9.17, 15) is 17.6 Å². The van der Waals surface area contributed by atoms with Crippen molar-refractivity contribution in [2.75, 3.05) is 5.73 Å². The summed E-state index contributed by atoms with van der Waals surface area (Å²) in [5, 5.41) is -0.678. The summed E-state index contributed by atoms with van der Waals surface area (Å²) in [4.78, 5) is 3.66. The number of hydrogen-bond acceptors (Lipinski definition) is 3. The molecule has 1 heterocycles. The molecule has 2 nitrogen and oxygen atoms in total. The lowest BCUT2D eigenvalue weighted by molar-refractivity contribution is 0.146. The third kappa shape index (κ3) is 2.23. The molecule has 0 amide bonds. The zero-order valence-electron chi connectivity index (χ0n) is 8.25. The highest BCUT2D eigenvalue weighted by Crippen LogP contribution is 2.31. The van der Waals surface area contributed by atoms with Crippen LogP contribution in [0.3, 0.4) is 0 Å². The summed E-state index contributed by atoms with van der Waals surface area (Å²) in [6.45, 7) is 0. The molecular formula is C10H6F4N2S. The molecule has 0 radical (unpaired) electrons. The summed E-state index contributed by atoms with van der Waals surface area (Å²) in [6, 6.07) is 2.91. The molecule has 2 rings (SSSR count). The lowest BCUT2D eigenvalue weighted by Gasteiger charge is -2.03. The third-order valence-corrected chi connectivity index (χ3v) is 2.78. The van der Waals surface area contributed by atoms with Crippen molar-refractivity contribution in [2.45, 2.75) is 6.43 Å². The van der Waals surface area contributed by atoms with Gasteiger partial charge in [-0.3, -0.25) is 0 Å². The average molecular weight is 262 g/mol. The van der Waals surface area contributed by atoms with Crippen molar-refractivity contribution in [1.82, 2.24) is 4.98 Å². The van der Waals surface area contributed by atoms with Gasteiger partial charge in [-0.1, -0.05) is 17.4 Å². The SMILES string of the molecule is Nc1nc(-c2ccc(C(F)F)c(F)c2)c(F)s1. The maximum Gasteiger partial charge on any atom is 0.266 e. The molecule has 0 atom stereocenters. The fourth-order valence-corrected chi connectivity index (χ4v) is 1.93. The molecule has 0 fully saturated rings. The van der Waals surface area contributed by atoms with Crippen molar-refractivity contribution >= 4 is 16.5 Å². The minimum absolute atomic E-state index is 0.00385. The van der Waals surface area contributed by atoms with Crippen LogP contribution in [0.5, 0.6) is 0 Å². The predicted molar refractivity (Wildman–Crippen MR) is 56.8 cm³/mol. The number of thiazole rings is 1. The second kappa shape index (κ2) is 4.33. The monoisotopic (exact) mass is 262 g/mol. The van der Waals surface area contributed by atoms with E-state index in [-0.39, 0.29) is 16.4 Å². The van der Waals surface area contributed by atoms with Crippen molar-refractivity contribution in [3.8, 4) is 11.3 Å². The first-order valence-electron chi connectivity index (χ1n) is 4.49. The van der Waals surface area contributed by atoms with Gasteiger partial charge in [-0.25, -0.2) is 18.2 Å². The molecule has 0 saturated carbocycles. The Labute approximate surface area is 97.7 Å². The number of hydrogen-bond donors (Lipinski definition) is 1. The van der Waals surface area contributed by atoms with E-state index in [0.717, 1.165) is 12.1 Å². The summed E-state index contributed by atoms with van der Waals surface area (Å²) in [7, 11) is 0. The predicted octanol–water partition coefficient (Wildman–Crippen LogP) is 3.61. The van der Waals surface area contributed by atoms with Gasteiger partial charge in [-0.2, -0.15) is 4.39 Å². The standard InChI is InChI=1S/C10H6F4N2S/c11-6-3-4(1-2-5(6)8(12)13)7-9(14)17-10(15)16-7/h1-3,8H,(H2,15,16). The number of halogens is 4. The van der Waals surface area contributed by atoms with Gasteiger partial charge >= 0.3 is 0 Å². The third-order valence-electron chi connectivity index (χ3n) is 2.11. The Hall–Kier alpha value is -1.63. The van der Waals surface area contributed by atoms with Crippen molar-refractivity contribution in [1.29, 1.82) is 0 Å². The topological polar surface area (TPSA) is 38.9 Å². The van der Waals surface area contributed by atoms with Crippen LogP contribution in [0.1, 0.15) is 12.0 Å². The average Bonchev–Trinajstić information content (AvgIpc) is 2.57. The largest absolute Gasteiger partial charge is 0.375 e. The smallest absolute Gasteiger partial charge is 0.266 e. The number of benzene rings is 1. The Kier molecular flexibility index (Phi) is 3.01. The first kappa shape index (κ1) is 11.8. The lowest BCUT2D eigenvalue weighted by atomic mass is 10.1. The number of alkyl halides is 2. The normalized spacial score (nSPS) is 11.1. The molecule has 2 aromatic rings. The summed E-state index contributed by atoms with van der Waals surface area (Å²) in [6.07, 6.45) is -2.91. The van der Waals surface area contributed by atoms with Gasteiger partial charge in [-0.15, -0.1) is 0 Å². The molecule has 1 aromatic heterocycles. The summed E-state index contributed by atoms with van der Waals surface area (Å²) in [5.74, 6) is -1.09. The van der Waals surface area contributed by atoms with Gasteiger partial charge in [0.05, 0.1) is 5.56 Å². The van der Waals surface area contributed by atoms with Gasteiger partial charge in [0.25, 0.3) is 6.43 Å². The molecule has 2 N–H and O–H groups in total. The van der Waals surface area contributed by atoms with Crippen LogP contribution in [-0.2, 0) is 0 Å². The minimum Gasteiger partial charge on any atom is -0.375 e. The number of nitrogen functional groups attached to an aromatic ring is 1. The Bertz CT molecular complexity index is 553. The molecule has 17 heavy (non-hydrogen) atoms. The van der Waals surface area contributed by atoms with E-state index in [1.807, 2.05) is 0 Å². The summed E-state index contributed by atoms with van der Waals surface area (Å²) >= 11 is 0.610. The molecule has 0 aliphatic rings. The van der Waals surface area contributed by atoms with Crippen LogP contribution in [-0.4, -0.2) is 4.98 Å². The van der Waals surface area contributed by atoms with Crippen LogP contribution in [0.2, 0.25) is 0 Å². The molecule has 0 saturated heterocycles. The maximum atomic E-state index is 13.3. The highest BCUT2D eigenvalue weighted by Gasteiger charge is 2.17. The zero-order chi connectivity index (χ0) is 12.6. The summed E-state index contributed by atoms with van der Waals surface area (Å²) in [5.41, 5.74) is 4.51. The van der Waals surface area contributed by atoms with Crippen LogP contribution in [0.15, 0.2) is 18.2 Å². The van der Waals surface area contributed by atoms with Crippen molar-refractivity contribution in [3.05, 3.63) is 34.7 Å². The number of nitrogens with zero attached hydrogens (tertiary/aromatic N) is 1. The van der Waals surface area contributed by atoms with Gasteiger partial charge in [0.15, 0.2) is 5.13 Å². The van der Waals surface area contributed by atoms with E-state index >= 15 is 0 Å². The molecule has 0 aliphatic heterocycles. The Morgan fingerprint density at radius 2 is 1.94 bits per heavy atom. The van der Waals surface area contributed by atoms with Gasteiger partial charge in [0.1, 0.15) is 11.5 Å². The molecule has 0 spiro atoms.